The number of nitrogens with one attached hydrogen (secondary N) is 1. The monoisotopic (exact) mass is 461 g/mol. The molecule has 0 atom stereocenters. The van der Waals surface area contributed by atoms with E-state index in [0.717, 1.165) is 48.7 Å². The van der Waals surface area contributed by atoms with E-state index in [-0.39, 0.29) is 16.4 Å². The van der Waals surface area contributed by atoms with E-state index in [2.05, 4.69) is 10.2 Å². The molecular weight excluding hydrogens is 437 g/mol. The molecule has 0 bridgehead atoms. The molecule has 0 amide bonds. The number of hydrogen-bond acceptors (Lipinski definition) is 6. The van der Waals surface area contributed by atoms with Crippen LogP contribution in [0.15, 0.2) is 53.4 Å². The Bertz CT molecular complexity index is 1200. The van der Waals surface area contributed by atoms with Crippen molar-refractivity contribution in [3.8, 4) is 11.3 Å². The maximum atomic E-state index is 13.0. The molecule has 0 saturated heterocycles. The first-order valence-corrected chi connectivity index (χ1v) is 11.5. The number of anilines is 1. The van der Waals surface area contributed by atoms with Crippen molar-refractivity contribution in [1.29, 1.82) is 0 Å². The summed E-state index contributed by atoms with van der Waals surface area (Å²) in [5.74, 6) is -0.292. The summed E-state index contributed by atoms with van der Waals surface area (Å²) in [4.78, 5) is 12.2. The molecule has 1 aromatic heterocycles. The number of nitrogens with zero attached hydrogens (tertiary/aromatic N) is 3. The van der Waals surface area contributed by atoms with Gasteiger partial charge < -0.3 is 4.90 Å². The van der Waals surface area contributed by atoms with E-state index < -0.39 is 14.9 Å². The van der Waals surface area contributed by atoms with Gasteiger partial charge in [0.25, 0.3) is 5.69 Å². The van der Waals surface area contributed by atoms with Crippen molar-refractivity contribution in [2.75, 3.05) is 18.5 Å². The Labute approximate surface area is 185 Å². The van der Waals surface area contributed by atoms with Crippen LogP contribution in [-0.2, 0) is 16.4 Å². The van der Waals surface area contributed by atoms with Gasteiger partial charge in [0.15, 0.2) is 0 Å². The van der Waals surface area contributed by atoms with Crippen molar-refractivity contribution in [3.63, 3.8) is 0 Å². The zero-order chi connectivity index (χ0) is 23.3. The molecule has 0 aliphatic carbocycles. The number of nitro benzene ring substituents is 1. The summed E-state index contributed by atoms with van der Waals surface area (Å²) >= 11 is 0. The highest BCUT2D eigenvalue weighted by Crippen LogP contribution is 2.30. The quantitative estimate of drug-likeness (QED) is 0.269. The van der Waals surface area contributed by atoms with Gasteiger partial charge in [-0.25, -0.2) is 17.9 Å². The number of aryl methyl sites for hydroxylation is 1. The predicted octanol–water partition coefficient (Wildman–Crippen LogP) is 3.62. The number of nitro groups is 1. The van der Waals surface area contributed by atoms with Gasteiger partial charge in [-0.15, -0.1) is 0 Å². The smallest absolute Gasteiger partial charge is 0.293 e. The van der Waals surface area contributed by atoms with E-state index in [9.17, 15) is 22.9 Å². The van der Waals surface area contributed by atoms with Crippen molar-refractivity contribution >= 4 is 21.4 Å². The lowest BCUT2D eigenvalue weighted by molar-refractivity contribution is -0.384. The molecule has 0 radical (unpaired) electrons. The van der Waals surface area contributed by atoms with E-state index in [1.807, 2.05) is 6.07 Å². The minimum atomic E-state index is -4.02. The van der Waals surface area contributed by atoms with E-state index in [1.165, 1.54) is 24.3 Å². The van der Waals surface area contributed by atoms with Crippen LogP contribution in [0.3, 0.4) is 0 Å². The number of H-pyrrole nitrogens is 1. The molecule has 3 aromatic rings. The molecule has 0 fully saturated rings. The Hall–Kier alpha value is -3.31. The number of primary sulfonamides is 1. The van der Waals surface area contributed by atoms with Crippen LogP contribution in [-0.4, -0.2) is 37.1 Å². The number of nitrogens with two attached hydrogens (primary N) is 1. The van der Waals surface area contributed by atoms with Gasteiger partial charge in [0, 0.05) is 30.9 Å². The molecule has 170 valence electrons. The van der Waals surface area contributed by atoms with Crippen molar-refractivity contribution in [1.82, 2.24) is 10.2 Å². The van der Waals surface area contributed by atoms with Gasteiger partial charge in [-0.2, -0.15) is 5.10 Å². The Kier molecular flexibility index (Phi) is 7.21. The van der Waals surface area contributed by atoms with Gasteiger partial charge in [0.2, 0.25) is 10.0 Å². The van der Waals surface area contributed by atoms with Crippen LogP contribution < -0.4 is 10.0 Å². The molecule has 32 heavy (non-hydrogen) atoms. The molecule has 0 unspecified atom stereocenters. The minimum absolute atomic E-state index is 0.291. The van der Waals surface area contributed by atoms with Crippen LogP contribution in [0.1, 0.15) is 25.0 Å². The molecule has 2 aromatic carbocycles. The first-order valence-electron chi connectivity index (χ1n) is 9.98. The maximum absolute atomic E-state index is 13.0. The normalized spacial score (nSPS) is 11.5. The summed E-state index contributed by atoms with van der Waals surface area (Å²) in [6.07, 6.45) is 3.37. The number of sulfonamides is 1. The van der Waals surface area contributed by atoms with Crippen molar-refractivity contribution in [3.05, 3.63) is 70.2 Å². The number of halogens is 1. The van der Waals surface area contributed by atoms with Crippen LogP contribution in [0, 0.1) is 15.9 Å². The third-order valence-corrected chi connectivity index (χ3v) is 6.00. The van der Waals surface area contributed by atoms with Crippen molar-refractivity contribution < 1.29 is 17.7 Å². The van der Waals surface area contributed by atoms with E-state index in [0.29, 0.717) is 12.2 Å². The summed E-state index contributed by atoms with van der Waals surface area (Å²) in [7, 11) is -2.29. The lowest BCUT2D eigenvalue weighted by atomic mass is 10.1. The summed E-state index contributed by atoms with van der Waals surface area (Å²) < 4.78 is 36.0. The SMILES string of the molecule is CN(CCCCCc1cc(-c2ccc(F)cc2)n[nH]1)c1ccc(S(N)(=O)=O)cc1[N+](=O)[O-]. The molecule has 0 saturated carbocycles. The van der Waals surface area contributed by atoms with Crippen LogP contribution in [0.4, 0.5) is 15.8 Å². The first-order chi connectivity index (χ1) is 15.1. The predicted molar refractivity (Wildman–Crippen MR) is 119 cm³/mol. The molecular formula is C21H24FN5O4S. The van der Waals surface area contributed by atoms with Crippen molar-refractivity contribution in [2.24, 2.45) is 5.14 Å². The Balaban J connectivity index is 1.51. The van der Waals surface area contributed by atoms with E-state index in [1.54, 1.807) is 24.1 Å². The third kappa shape index (κ3) is 5.89. The zero-order valence-electron chi connectivity index (χ0n) is 17.5. The van der Waals surface area contributed by atoms with E-state index in [4.69, 9.17) is 5.14 Å². The van der Waals surface area contributed by atoms with Crippen LogP contribution in [0.25, 0.3) is 11.3 Å². The fourth-order valence-corrected chi connectivity index (χ4v) is 3.90. The Morgan fingerprint density at radius 2 is 1.84 bits per heavy atom. The van der Waals surface area contributed by atoms with Crippen LogP contribution in [0.2, 0.25) is 0 Å². The Morgan fingerprint density at radius 1 is 1.12 bits per heavy atom. The topological polar surface area (TPSA) is 135 Å². The van der Waals surface area contributed by atoms with Crippen molar-refractivity contribution in [2.45, 2.75) is 30.6 Å². The zero-order valence-corrected chi connectivity index (χ0v) is 18.3. The van der Waals surface area contributed by atoms with Gasteiger partial charge in [-0.05, 0) is 61.7 Å². The van der Waals surface area contributed by atoms with Gasteiger partial charge in [-0.3, -0.25) is 15.2 Å². The molecule has 3 rings (SSSR count). The lowest BCUT2D eigenvalue weighted by Crippen LogP contribution is -2.20. The number of aromatic amines is 1. The van der Waals surface area contributed by atoms with Gasteiger partial charge in [0.05, 0.1) is 15.5 Å². The molecule has 3 N–H and O–H groups in total. The average molecular weight is 462 g/mol. The molecule has 9 nitrogen and oxygen atoms in total. The fourth-order valence-electron chi connectivity index (χ4n) is 3.37. The Morgan fingerprint density at radius 3 is 2.50 bits per heavy atom. The maximum Gasteiger partial charge on any atom is 0.293 e. The highest BCUT2D eigenvalue weighted by atomic mass is 32.2. The van der Waals surface area contributed by atoms with Gasteiger partial charge in [-0.1, -0.05) is 6.42 Å². The number of benzene rings is 2. The third-order valence-electron chi connectivity index (χ3n) is 5.09. The summed E-state index contributed by atoms with van der Waals surface area (Å²) in [6, 6.07) is 11.7. The number of aromatic nitrogens is 2. The highest BCUT2D eigenvalue weighted by molar-refractivity contribution is 7.89. The second-order valence-electron chi connectivity index (χ2n) is 7.47. The molecule has 1 heterocycles. The van der Waals surface area contributed by atoms with Gasteiger partial charge in [0.1, 0.15) is 11.5 Å². The number of rotatable bonds is 10. The largest absolute Gasteiger partial charge is 0.369 e. The number of hydrogen-bond donors (Lipinski definition) is 2. The molecule has 0 aliphatic rings. The summed E-state index contributed by atoms with van der Waals surface area (Å²) in [5.41, 5.74) is 2.61. The standard InChI is InChI=1S/C21H24FN5O4S/c1-26(20-11-10-18(32(23,30)31)14-21(20)27(28)29)12-4-2-3-5-17-13-19(25-24-17)15-6-8-16(22)9-7-15/h6-11,13-14H,2-5,12H2,1H3,(H,24,25)(H2,23,30,31). The van der Waals surface area contributed by atoms with E-state index >= 15 is 0 Å². The van der Waals surface area contributed by atoms with Crippen LogP contribution in [0.5, 0.6) is 0 Å². The summed E-state index contributed by atoms with van der Waals surface area (Å²) in [6.45, 7) is 0.569. The minimum Gasteiger partial charge on any atom is -0.369 e. The lowest BCUT2D eigenvalue weighted by Gasteiger charge is -2.19. The molecule has 11 heteroatoms. The number of unbranched alkanes of at least 4 members (excludes halogenated alkanes) is 2. The molecule has 0 spiro atoms. The average Bonchev–Trinajstić information content (AvgIpc) is 3.21. The second kappa shape index (κ2) is 9.88. The summed E-state index contributed by atoms with van der Waals surface area (Å²) in [5, 5.41) is 23.7. The van der Waals surface area contributed by atoms with Gasteiger partial charge >= 0.3 is 0 Å². The first kappa shape index (κ1) is 23.4. The fraction of sp³-hybridized carbons (Fsp3) is 0.286. The highest BCUT2D eigenvalue weighted by Gasteiger charge is 2.21. The molecule has 0 aliphatic heterocycles. The second-order valence-corrected chi connectivity index (χ2v) is 9.03. The van der Waals surface area contributed by atoms with Crippen LogP contribution >= 0.6 is 0 Å².